The van der Waals surface area contributed by atoms with Gasteiger partial charge in [-0.2, -0.15) is 0 Å². The van der Waals surface area contributed by atoms with Gasteiger partial charge in [0.1, 0.15) is 0 Å². The number of carbonyl (C=O) groups excluding carboxylic acids is 2. The van der Waals surface area contributed by atoms with E-state index < -0.39 is 0 Å². The molecule has 0 unspecified atom stereocenters. The molecule has 3 aromatic rings. The molecule has 2 heterocycles. The van der Waals surface area contributed by atoms with E-state index in [4.69, 9.17) is 23.2 Å². The number of thioether (sulfide) groups is 1. The monoisotopic (exact) mass is 461 g/mol. The van der Waals surface area contributed by atoms with E-state index in [9.17, 15) is 9.59 Å². The number of benzene rings is 2. The van der Waals surface area contributed by atoms with Crippen molar-refractivity contribution in [3.8, 4) is 0 Å². The molecule has 7 nitrogen and oxygen atoms in total. The van der Waals surface area contributed by atoms with Crippen molar-refractivity contribution in [3.05, 3.63) is 64.1 Å². The molecule has 30 heavy (non-hydrogen) atoms. The largest absolute Gasteiger partial charge is 0.328 e. The molecule has 0 saturated heterocycles. The fraction of sp³-hybridized carbons (Fsp3) is 0.200. The van der Waals surface area contributed by atoms with Crippen molar-refractivity contribution in [2.45, 2.75) is 18.1 Å². The van der Waals surface area contributed by atoms with Crippen LogP contribution >= 0.6 is 35.0 Å². The predicted molar refractivity (Wildman–Crippen MR) is 119 cm³/mol. The summed E-state index contributed by atoms with van der Waals surface area (Å²) in [4.78, 5) is 26.7. The van der Waals surface area contributed by atoms with E-state index in [1.165, 1.54) is 11.8 Å². The molecule has 2 aromatic carbocycles. The summed E-state index contributed by atoms with van der Waals surface area (Å²) in [5.41, 5.74) is 1.23. The summed E-state index contributed by atoms with van der Waals surface area (Å²) < 4.78 is 1.87. The fourth-order valence-electron chi connectivity index (χ4n) is 3.04. The van der Waals surface area contributed by atoms with E-state index in [0.29, 0.717) is 45.5 Å². The van der Waals surface area contributed by atoms with Crippen molar-refractivity contribution in [2.75, 3.05) is 22.5 Å². The van der Waals surface area contributed by atoms with E-state index in [2.05, 4.69) is 15.5 Å². The molecule has 0 saturated carbocycles. The highest BCUT2D eigenvalue weighted by Crippen LogP contribution is 2.27. The smallest absolute Gasteiger partial charge is 0.307 e. The van der Waals surface area contributed by atoms with Gasteiger partial charge in [0.05, 0.1) is 5.75 Å². The van der Waals surface area contributed by atoms with Gasteiger partial charge >= 0.3 is 6.03 Å². The molecule has 0 atom stereocenters. The standard InChI is InChI=1S/C20H17Cl2N5O2S/c21-14-4-2-13(3-5-14)17(28)12-30-20-25-24-18-26(10-1-11-27(18)20)19(29)23-16-8-6-15(22)7-9-16/h2-9H,1,10-12H2,(H,23,29). The Labute approximate surface area is 187 Å². The first kappa shape index (κ1) is 20.7. The highest BCUT2D eigenvalue weighted by atomic mass is 35.5. The van der Waals surface area contributed by atoms with Crippen molar-refractivity contribution >= 4 is 58.4 Å². The summed E-state index contributed by atoms with van der Waals surface area (Å²) in [7, 11) is 0. The molecule has 154 valence electrons. The van der Waals surface area contributed by atoms with Crippen LogP contribution in [0, 0.1) is 0 Å². The number of anilines is 2. The Balaban J connectivity index is 1.44. The minimum Gasteiger partial charge on any atom is -0.307 e. The molecule has 1 aromatic heterocycles. The Morgan fingerprint density at radius 3 is 2.33 bits per heavy atom. The number of ketones is 1. The second kappa shape index (κ2) is 9.07. The summed E-state index contributed by atoms with van der Waals surface area (Å²) in [6.07, 6.45) is 0.762. The molecule has 1 aliphatic heterocycles. The van der Waals surface area contributed by atoms with Crippen LogP contribution in [0.5, 0.6) is 0 Å². The number of hydrogen-bond acceptors (Lipinski definition) is 5. The summed E-state index contributed by atoms with van der Waals surface area (Å²) in [6, 6.07) is 13.4. The lowest BCUT2D eigenvalue weighted by Crippen LogP contribution is -2.40. The maximum absolute atomic E-state index is 12.7. The Morgan fingerprint density at radius 2 is 1.63 bits per heavy atom. The molecular weight excluding hydrogens is 445 g/mol. The zero-order chi connectivity index (χ0) is 21.1. The lowest BCUT2D eigenvalue weighted by atomic mass is 10.1. The minimum absolute atomic E-state index is 0.0258. The third kappa shape index (κ3) is 4.61. The van der Waals surface area contributed by atoms with Crippen molar-refractivity contribution in [1.29, 1.82) is 0 Å². The normalized spacial score (nSPS) is 13.1. The Morgan fingerprint density at radius 1 is 0.967 bits per heavy atom. The van der Waals surface area contributed by atoms with Crippen molar-refractivity contribution in [2.24, 2.45) is 0 Å². The molecule has 2 amide bonds. The molecule has 0 bridgehead atoms. The Bertz CT molecular complexity index is 1070. The van der Waals surface area contributed by atoms with Crippen LogP contribution in [0.2, 0.25) is 10.0 Å². The third-order valence-electron chi connectivity index (χ3n) is 4.54. The minimum atomic E-state index is -0.292. The molecule has 1 aliphatic rings. The quantitative estimate of drug-likeness (QED) is 0.426. The number of Topliss-reactive ketones (excluding diaryl/α,β-unsaturated/α-hetero) is 1. The third-order valence-corrected chi connectivity index (χ3v) is 6.01. The number of carbonyl (C=O) groups is 2. The predicted octanol–water partition coefficient (Wildman–Crippen LogP) is 5.00. The second-order valence-electron chi connectivity index (χ2n) is 6.60. The molecule has 10 heteroatoms. The topological polar surface area (TPSA) is 80.1 Å². The van der Waals surface area contributed by atoms with Gasteiger partial charge in [0, 0.05) is 34.4 Å². The van der Waals surface area contributed by atoms with Crippen molar-refractivity contribution < 1.29 is 9.59 Å². The fourth-order valence-corrected chi connectivity index (χ4v) is 4.14. The number of nitrogens with zero attached hydrogens (tertiary/aromatic N) is 4. The zero-order valence-corrected chi connectivity index (χ0v) is 18.0. The number of urea groups is 1. The van der Waals surface area contributed by atoms with Crippen LogP contribution in [0.15, 0.2) is 53.7 Å². The molecule has 0 radical (unpaired) electrons. The van der Waals surface area contributed by atoms with Crippen LogP contribution in [0.4, 0.5) is 16.4 Å². The van der Waals surface area contributed by atoms with Crippen molar-refractivity contribution in [1.82, 2.24) is 14.8 Å². The molecule has 0 fully saturated rings. The van der Waals surface area contributed by atoms with Crippen LogP contribution in [0.25, 0.3) is 0 Å². The van der Waals surface area contributed by atoms with E-state index >= 15 is 0 Å². The van der Waals surface area contributed by atoms with Crippen LogP contribution < -0.4 is 10.2 Å². The summed E-state index contributed by atoms with van der Waals surface area (Å²) in [5.74, 6) is 0.660. The van der Waals surface area contributed by atoms with Gasteiger partial charge in [-0.25, -0.2) is 4.79 Å². The lowest BCUT2D eigenvalue weighted by Gasteiger charge is -2.27. The number of aromatic nitrogens is 3. The maximum atomic E-state index is 12.7. The van der Waals surface area contributed by atoms with Gasteiger partial charge in [-0.05, 0) is 55.0 Å². The number of amides is 2. The van der Waals surface area contributed by atoms with Gasteiger partial charge in [-0.3, -0.25) is 14.3 Å². The molecule has 0 spiro atoms. The number of fused-ring (bicyclic) bond motifs is 1. The lowest BCUT2D eigenvalue weighted by molar-refractivity contribution is 0.102. The summed E-state index contributed by atoms with van der Waals surface area (Å²) >= 11 is 13.1. The maximum Gasteiger partial charge on any atom is 0.328 e. The van der Waals surface area contributed by atoms with Gasteiger partial charge in [-0.15, -0.1) is 10.2 Å². The Hall–Kier alpha value is -2.55. The highest BCUT2D eigenvalue weighted by molar-refractivity contribution is 7.99. The van der Waals surface area contributed by atoms with Gasteiger partial charge in [0.15, 0.2) is 10.9 Å². The average molecular weight is 462 g/mol. The molecule has 4 rings (SSSR count). The highest BCUT2D eigenvalue weighted by Gasteiger charge is 2.27. The first-order valence-corrected chi connectivity index (χ1v) is 10.9. The number of halogens is 2. The van der Waals surface area contributed by atoms with Gasteiger partial charge in [0.25, 0.3) is 0 Å². The zero-order valence-electron chi connectivity index (χ0n) is 15.7. The van der Waals surface area contributed by atoms with E-state index in [-0.39, 0.29) is 17.6 Å². The van der Waals surface area contributed by atoms with Crippen LogP contribution in [-0.4, -0.2) is 38.9 Å². The summed E-state index contributed by atoms with van der Waals surface area (Å²) in [6.45, 7) is 1.22. The van der Waals surface area contributed by atoms with Gasteiger partial charge < -0.3 is 5.32 Å². The Kier molecular flexibility index (Phi) is 6.26. The van der Waals surface area contributed by atoms with Gasteiger partial charge in [-0.1, -0.05) is 35.0 Å². The molecule has 0 aliphatic carbocycles. The van der Waals surface area contributed by atoms with Crippen LogP contribution in [0.1, 0.15) is 16.8 Å². The van der Waals surface area contributed by atoms with Crippen LogP contribution in [-0.2, 0) is 6.54 Å². The average Bonchev–Trinajstić information content (AvgIpc) is 3.17. The van der Waals surface area contributed by atoms with Crippen LogP contribution in [0.3, 0.4) is 0 Å². The first-order chi connectivity index (χ1) is 14.5. The van der Waals surface area contributed by atoms with E-state index in [0.717, 1.165) is 6.42 Å². The molecular formula is C20H17Cl2N5O2S. The summed E-state index contributed by atoms with van der Waals surface area (Å²) in [5, 5.41) is 13.0. The second-order valence-corrected chi connectivity index (χ2v) is 8.41. The van der Waals surface area contributed by atoms with E-state index in [1.54, 1.807) is 53.4 Å². The SMILES string of the molecule is O=C(CSc1nnc2n1CCCN2C(=O)Nc1ccc(Cl)cc1)c1ccc(Cl)cc1. The number of rotatable bonds is 5. The first-order valence-electron chi connectivity index (χ1n) is 9.20. The van der Waals surface area contributed by atoms with Crippen molar-refractivity contribution in [3.63, 3.8) is 0 Å². The number of hydrogen-bond donors (Lipinski definition) is 1. The number of nitrogens with one attached hydrogen (secondary N) is 1. The van der Waals surface area contributed by atoms with Gasteiger partial charge in [0.2, 0.25) is 5.95 Å². The van der Waals surface area contributed by atoms with E-state index in [1.807, 2.05) is 4.57 Å². The molecule has 1 N–H and O–H groups in total.